The van der Waals surface area contributed by atoms with Gasteiger partial charge >= 0.3 is 6.09 Å². The van der Waals surface area contributed by atoms with Gasteiger partial charge in [0.05, 0.1) is 31.0 Å². The number of fused-ring (bicyclic) bond motifs is 4. The second-order valence-electron chi connectivity index (χ2n) is 16.6. The number of nitrogens with zero attached hydrogens (tertiary/aromatic N) is 2. The van der Waals surface area contributed by atoms with Gasteiger partial charge in [-0.3, -0.25) is 19.1 Å². The van der Waals surface area contributed by atoms with Gasteiger partial charge in [-0.2, -0.15) is 0 Å². The van der Waals surface area contributed by atoms with Gasteiger partial charge in [0.25, 0.3) is 5.91 Å². The van der Waals surface area contributed by atoms with E-state index in [1.165, 1.54) is 11.0 Å². The molecule has 2 aliphatic heterocycles. The molecule has 4 saturated carbocycles. The Morgan fingerprint density at radius 1 is 1.07 bits per heavy atom. The first-order valence-electron chi connectivity index (χ1n) is 20.7. The van der Waals surface area contributed by atoms with E-state index in [9.17, 15) is 27.6 Å². The molecule has 0 unspecified atom stereocenters. The lowest BCUT2D eigenvalue weighted by Gasteiger charge is -2.32. The number of carbonyl (C=O) groups is 4. The number of amides is 4. The molecule has 3 heterocycles. The van der Waals surface area contributed by atoms with E-state index in [4.69, 9.17) is 23.9 Å². The number of rotatable bonds is 10. The first kappa shape index (κ1) is 39.9. The van der Waals surface area contributed by atoms with Gasteiger partial charge in [-0.15, -0.1) is 6.58 Å². The van der Waals surface area contributed by atoms with Crippen LogP contribution in [0.15, 0.2) is 36.9 Å². The van der Waals surface area contributed by atoms with Crippen molar-refractivity contribution in [1.82, 2.24) is 25.2 Å². The summed E-state index contributed by atoms with van der Waals surface area (Å²) in [6.45, 7) is 6.00. The molecule has 312 valence electrons. The van der Waals surface area contributed by atoms with Crippen molar-refractivity contribution >= 4 is 50.8 Å². The Labute approximate surface area is 338 Å². The summed E-state index contributed by atoms with van der Waals surface area (Å²) in [5, 5.41) is 5.82. The largest absolute Gasteiger partial charge is 0.496 e. The summed E-state index contributed by atoms with van der Waals surface area (Å²) in [7, 11) is -2.32. The van der Waals surface area contributed by atoms with Gasteiger partial charge in [-0.05, 0) is 82.6 Å². The summed E-state index contributed by atoms with van der Waals surface area (Å²) in [5.74, 6) is -1.18. The third-order valence-corrected chi connectivity index (χ3v) is 14.6. The first-order valence-corrected chi connectivity index (χ1v) is 22.2. The summed E-state index contributed by atoms with van der Waals surface area (Å²) < 4.78 is 52.2. The zero-order valence-corrected chi connectivity index (χ0v) is 33.9. The maximum absolute atomic E-state index is 14.9. The summed E-state index contributed by atoms with van der Waals surface area (Å²) in [5.41, 5.74) is -0.202. The second-order valence-corrected chi connectivity index (χ2v) is 18.6. The lowest BCUT2D eigenvalue weighted by molar-refractivity contribution is -0.142. The number of aromatic nitrogens is 1. The van der Waals surface area contributed by atoms with Gasteiger partial charge in [0.1, 0.15) is 41.3 Å². The molecule has 4 bridgehead atoms. The van der Waals surface area contributed by atoms with E-state index < -0.39 is 68.7 Å². The highest BCUT2D eigenvalue weighted by atomic mass is 32.2. The third-order valence-electron chi connectivity index (χ3n) is 12.8. The van der Waals surface area contributed by atoms with Crippen LogP contribution in [0.4, 0.5) is 4.79 Å². The maximum Gasteiger partial charge on any atom is 0.408 e. The molecule has 58 heavy (non-hydrogen) atoms. The number of sulfonamides is 1. The van der Waals surface area contributed by atoms with E-state index in [0.717, 1.165) is 31.2 Å². The molecule has 6 aliphatic rings. The SMILES string of the molecule is C=C[C@@H]1C[C@]1(NC(=O)[C@@H]1C[C@@H]2CN1C(=O)[C@H](C1CCCC1)NC(=O)O[C@@H]1CCC[C@@H]1CC=Cc1cc3c(cc(OCC)nc3cc1OC)O2)C(=O)NS(=O)(=O)C1CC1. The van der Waals surface area contributed by atoms with E-state index >= 15 is 0 Å². The molecule has 7 atom stereocenters. The predicted molar refractivity (Wildman–Crippen MR) is 213 cm³/mol. The quantitative estimate of drug-likeness (QED) is 0.286. The lowest BCUT2D eigenvalue weighted by Crippen LogP contribution is -2.59. The Bertz CT molecular complexity index is 2120. The molecule has 0 radical (unpaired) electrons. The van der Waals surface area contributed by atoms with Crippen molar-refractivity contribution in [2.75, 3.05) is 20.3 Å². The average Bonchev–Trinajstić information content (AvgIpc) is 3.99. The molecule has 0 spiro atoms. The molecular weight excluding hydrogens is 767 g/mol. The van der Waals surface area contributed by atoms with Crippen molar-refractivity contribution in [3.8, 4) is 17.4 Å². The van der Waals surface area contributed by atoms with Crippen LogP contribution >= 0.6 is 0 Å². The van der Waals surface area contributed by atoms with Gasteiger partial charge in [0, 0.05) is 35.4 Å². The van der Waals surface area contributed by atoms with Crippen molar-refractivity contribution in [1.29, 1.82) is 0 Å². The second kappa shape index (κ2) is 16.1. The number of methoxy groups -OCH3 is 1. The Morgan fingerprint density at radius 3 is 2.55 bits per heavy atom. The minimum absolute atomic E-state index is 0.0155. The molecule has 5 fully saturated rings. The van der Waals surface area contributed by atoms with Crippen molar-refractivity contribution < 1.29 is 46.5 Å². The van der Waals surface area contributed by atoms with Crippen LogP contribution in [0.2, 0.25) is 0 Å². The van der Waals surface area contributed by atoms with Crippen molar-refractivity contribution in [2.24, 2.45) is 17.8 Å². The van der Waals surface area contributed by atoms with E-state index in [-0.39, 0.29) is 37.3 Å². The minimum atomic E-state index is -3.91. The number of benzene rings is 1. The number of alkyl carbamates (subject to hydrolysis) is 1. The highest BCUT2D eigenvalue weighted by Crippen LogP contribution is 2.46. The number of pyridine rings is 1. The van der Waals surface area contributed by atoms with Crippen LogP contribution in [0, 0.1) is 17.8 Å². The molecule has 4 aliphatic carbocycles. The molecule has 8 rings (SSSR count). The van der Waals surface area contributed by atoms with E-state index in [2.05, 4.69) is 28.0 Å². The van der Waals surface area contributed by atoms with Crippen LogP contribution in [-0.2, 0) is 29.1 Å². The minimum Gasteiger partial charge on any atom is -0.496 e. The summed E-state index contributed by atoms with van der Waals surface area (Å²) in [6, 6.07) is 3.35. The van der Waals surface area contributed by atoms with Gasteiger partial charge in [0.15, 0.2) is 0 Å². The molecule has 1 saturated heterocycles. The number of allylic oxidation sites excluding steroid dienone is 1. The molecule has 1 aromatic heterocycles. The molecule has 15 nitrogen and oxygen atoms in total. The van der Waals surface area contributed by atoms with Crippen molar-refractivity contribution in [2.45, 2.75) is 119 Å². The molecule has 16 heteroatoms. The standard InChI is InChI=1S/C42H53N5O10S/c1-4-27-22-42(27,40(50)46-58(52,53)29-16-17-29)45-38(48)32-19-28-23-47(32)39(49)37(25-10-6-7-11-25)44-41(51)57-33-15-9-13-24(33)12-8-14-26-18-30-31(20-34(26)54-3)43-36(55-5-2)21-35(30)56-28/h4,8,14,18,20-21,24-25,27-29,32-33,37H,1,5-7,9-13,15-17,19,22-23H2,2-3H3,(H,44,51)(H,45,48)(H,46,50)/t24-,27+,28+,32-,33+,37-,42+/m0/s1. The van der Waals surface area contributed by atoms with Gasteiger partial charge in [-0.1, -0.05) is 31.1 Å². The molecular formula is C42H53N5O10S. The monoisotopic (exact) mass is 819 g/mol. The van der Waals surface area contributed by atoms with Gasteiger partial charge in [-0.25, -0.2) is 18.2 Å². The number of hydrogen-bond acceptors (Lipinski definition) is 11. The molecule has 2 aromatic rings. The van der Waals surface area contributed by atoms with Crippen molar-refractivity contribution in [3.63, 3.8) is 0 Å². The topological polar surface area (TPSA) is 192 Å². The van der Waals surface area contributed by atoms with Crippen LogP contribution in [-0.4, -0.2) is 97.5 Å². The van der Waals surface area contributed by atoms with Crippen LogP contribution in [0.3, 0.4) is 0 Å². The van der Waals surface area contributed by atoms with Crippen LogP contribution < -0.4 is 29.6 Å². The smallest absolute Gasteiger partial charge is 0.408 e. The average molecular weight is 820 g/mol. The lowest BCUT2D eigenvalue weighted by atomic mass is 9.96. The Hall–Kier alpha value is -4.86. The number of nitrogens with one attached hydrogen (secondary N) is 3. The first-order chi connectivity index (χ1) is 27.9. The number of hydrogen-bond donors (Lipinski definition) is 3. The van der Waals surface area contributed by atoms with E-state index in [1.807, 2.05) is 25.1 Å². The molecule has 4 amide bonds. The summed E-state index contributed by atoms with van der Waals surface area (Å²) in [6.07, 6.45) is 11.3. The van der Waals surface area contributed by atoms with E-state index in [1.54, 1.807) is 13.2 Å². The fourth-order valence-electron chi connectivity index (χ4n) is 9.36. The summed E-state index contributed by atoms with van der Waals surface area (Å²) >= 11 is 0. The third kappa shape index (κ3) is 7.95. The zero-order chi connectivity index (χ0) is 40.8. The van der Waals surface area contributed by atoms with Crippen LogP contribution in [0.25, 0.3) is 17.0 Å². The Morgan fingerprint density at radius 2 is 1.84 bits per heavy atom. The van der Waals surface area contributed by atoms with Crippen LogP contribution in [0.1, 0.15) is 89.5 Å². The van der Waals surface area contributed by atoms with E-state index in [0.29, 0.717) is 73.4 Å². The van der Waals surface area contributed by atoms with Gasteiger partial charge in [0.2, 0.25) is 27.7 Å². The maximum atomic E-state index is 14.9. The van der Waals surface area contributed by atoms with Crippen LogP contribution in [0.5, 0.6) is 17.4 Å². The molecule has 1 aromatic carbocycles. The van der Waals surface area contributed by atoms with Gasteiger partial charge < -0.3 is 34.5 Å². The number of ether oxygens (including phenoxy) is 4. The predicted octanol–water partition coefficient (Wildman–Crippen LogP) is 4.53. The highest BCUT2D eigenvalue weighted by molar-refractivity contribution is 7.91. The summed E-state index contributed by atoms with van der Waals surface area (Å²) in [4.78, 5) is 63.0. The Kier molecular flexibility index (Phi) is 11.1. The fraction of sp³-hybridized carbons (Fsp3) is 0.595. The number of carbonyl (C=O) groups excluding carboxylic acids is 4. The van der Waals surface area contributed by atoms with Crippen molar-refractivity contribution in [3.05, 3.63) is 42.5 Å². The highest BCUT2D eigenvalue weighted by Gasteiger charge is 2.62. The zero-order valence-electron chi connectivity index (χ0n) is 33.1. The molecule has 3 N–H and O–H groups in total. The Balaban J connectivity index is 1.17. The normalized spacial score (nSPS) is 30.1. The fourth-order valence-corrected chi connectivity index (χ4v) is 10.7.